The summed E-state index contributed by atoms with van der Waals surface area (Å²) in [7, 11) is 1.64. The third-order valence-electron chi connectivity index (χ3n) is 7.25. The first-order valence-electron chi connectivity index (χ1n) is 12.0. The number of esters is 1. The number of methoxy groups -OCH3 is 1. The molecule has 0 radical (unpaired) electrons. The maximum atomic E-state index is 13.6. The number of aromatic nitrogens is 1. The van der Waals surface area contributed by atoms with E-state index in [2.05, 4.69) is 10.3 Å². The van der Waals surface area contributed by atoms with Crippen molar-refractivity contribution in [3.8, 4) is 5.75 Å². The van der Waals surface area contributed by atoms with Gasteiger partial charge in [-0.25, -0.2) is 4.79 Å². The summed E-state index contributed by atoms with van der Waals surface area (Å²) in [5.41, 5.74) is 4.86. The van der Waals surface area contributed by atoms with Crippen LogP contribution < -0.4 is 10.1 Å². The number of nitrogens with one attached hydrogen (secondary N) is 1. The third kappa shape index (κ3) is 4.25. The standard InChI is InChI=1S/C28H30N2O4/c1-17-25(28(32)34-22-5-3-4-6-22)26(19-11-13-29-14-12-19)27-23(30-17)15-20(16-24(27)31)18-7-9-21(33-2)10-8-18/h7-14,20,22,26,30H,3-6,15-16H2,1-2H3/t20-,26+/m1/s1. The summed E-state index contributed by atoms with van der Waals surface area (Å²) in [6.45, 7) is 1.91. The van der Waals surface area contributed by atoms with Crippen molar-refractivity contribution in [2.75, 3.05) is 7.11 Å². The van der Waals surface area contributed by atoms with Gasteiger partial charge in [-0.3, -0.25) is 9.78 Å². The second-order valence-corrected chi connectivity index (χ2v) is 9.38. The number of carbonyl (C=O) groups is 2. The maximum Gasteiger partial charge on any atom is 0.337 e. The lowest BCUT2D eigenvalue weighted by molar-refractivity contribution is -0.144. The molecule has 0 amide bonds. The quantitative estimate of drug-likeness (QED) is 0.640. The van der Waals surface area contributed by atoms with Crippen LogP contribution in [0.5, 0.6) is 5.75 Å². The van der Waals surface area contributed by atoms with Gasteiger partial charge in [-0.2, -0.15) is 0 Å². The van der Waals surface area contributed by atoms with Crippen molar-refractivity contribution < 1.29 is 19.1 Å². The van der Waals surface area contributed by atoms with Gasteiger partial charge in [0.05, 0.1) is 12.7 Å². The largest absolute Gasteiger partial charge is 0.497 e. The van der Waals surface area contributed by atoms with Gasteiger partial charge < -0.3 is 14.8 Å². The number of ketones is 1. The Morgan fingerprint density at radius 2 is 1.71 bits per heavy atom. The SMILES string of the molecule is COc1ccc([C@H]2CC(=O)C3=C(C2)NC(C)=C(C(=O)OC2CCCC2)[C@@H]3c2ccncc2)cc1. The number of allylic oxidation sites excluding steroid dienone is 3. The molecule has 2 heterocycles. The molecule has 176 valence electrons. The normalized spacial score (nSPS) is 22.9. The number of ether oxygens (including phenoxy) is 2. The molecule has 5 rings (SSSR count). The number of nitrogens with zero attached hydrogens (tertiary/aromatic N) is 1. The van der Waals surface area contributed by atoms with Crippen LogP contribution in [0.4, 0.5) is 0 Å². The number of dihydropyridines is 1. The zero-order chi connectivity index (χ0) is 23.7. The van der Waals surface area contributed by atoms with Gasteiger partial charge in [0.25, 0.3) is 0 Å². The summed E-state index contributed by atoms with van der Waals surface area (Å²) in [6, 6.07) is 11.7. The summed E-state index contributed by atoms with van der Waals surface area (Å²) >= 11 is 0. The number of rotatable bonds is 5. The lowest BCUT2D eigenvalue weighted by atomic mass is 9.72. The van der Waals surface area contributed by atoms with E-state index < -0.39 is 5.92 Å². The molecule has 1 aromatic carbocycles. The minimum atomic E-state index is -0.447. The van der Waals surface area contributed by atoms with Crippen molar-refractivity contribution in [1.29, 1.82) is 0 Å². The lowest BCUT2D eigenvalue weighted by Crippen LogP contribution is -2.36. The van der Waals surface area contributed by atoms with Crippen LogP contribution in [0.1, 0.15) is 68.4 Å². The molecular weight excluding hydrogens is 428 g/mol. The van der Waals surface area contributed by atoms with Gasteiger partial charge in [-0.15, -0.1) is 0 Å². The minimum Gasteiger partial charge on any atom is -0.497 e. The van der Waals surface area contributed by atoms with E-state index in [1.54, 1.807) is 19.5 Å². The summed E-state index contributed by atoms with van der Waals surface area (Å²) in [6.07, 6.45) is 8.47. The first-order valence-corrected chi connectivity index (χ1v) is 12.0. The van der Waals surface area contributed by atoms with E-state index in [0.29, 0.717) is 24.0 Å². The van der Waals surface area contributed by atoms with E-state index >= 15 is 0 Å². The van der Waals surface area contributed by atoms with Gasteiger partial charge in [-0.1, -0.05) is 12.1 Å². The van der Waals surface area contributed by atoms with E-state index in [1.165, 1.54) is 0 Å². The zero-order valence-corrected chi connectivity index (χ0v) is 19.7. The van der Waals surface area contributed by atoms with Crippen molar-refractivity contribution in [1.82, 2.24) is 10.3 Å². The molecule has 0 saturated heterocycles. The molecule has 1 aliphatic heterocycles. The number of hydrogen-bond acceptors (Lipinski definition) is 6. The highest BCUT2D eigenvalue weighted by Crippen LogP contribution is 2.46. The first kappa shape index (κ1) is 22.4. The third-order valence-corrected chi connectivity index (χ3v) is 7.25. The predicted octanol–water partition coefficient (Wildman–Crippen LogP) is 4.94. The van der Waals surface area contributed by atoms with E-state index in [1.807, 2.05) is 43.3 Å². The average Bonchev–Trinajstić information content (AvgIpc) is 3.36. The maximum absolute atomic E-state index is 13.6. The molecule has 0 bridgehead atoms. The Balaban J connectivity index is 1.50. The topological polar surface area (TPSA) is 77.5 Å². The highest BCUT2D eigenvalue weighted by Gasteiger charge is 2.42. The average molecular weight is 459 g/mol. The molecule has 1 aromatic heterocycles. The first-order chi connectivity index (χ1) is 16.5. The van der Waals surface area contributed by atoms with Crippen molar-refractivity contribution in [3.05, 3.63) is 82.5 Å². The molecule has 1 saturated carbocycles. The van der Waals surface area contributed by atoms with Crippen LogP contribution in [0.15, 0.2) is 71.3 Å². The fourth-order valence-corrected chi connectivity index (χ4v) is 5.53. The Morgan fingerprint density at radius 1 is 1.00 bits per heavy atom. The van der Waals surface area contributed by atoms with Crippen molar-refractivity contribution >= 4 is 11.8 Å². The Bertz CT molecular complexity index is 1140. The Labute approximate surface area is 200 Å². The molecule has 34 heavy (non-hydrogen) atoms. The molecular formula is C28H30N2O4. The van der Waals surface area contributed by atoms with Crippen molar-refractivity contribution in [2.24, 2.45) is 0 Å². The number of hydrogen-bond donors (Lipinski definition) is 1. The fraction of sp³-hybridized carbons (Fsp3) is 0.393. The second kappa shape index (κ2) is 9.45. The van der Waals surface area contributed by atoms with Crippen LogP contribution in [-0.4, -0.2) is 30.0 Å². The Morgan fingerprint density at radius 3 is 2.38 bits per heavy atom. The molecule has 2 aromatic rings. The van der Waals surface area contributed by atoms with Gasteiger partial charge >= 0.3 is 5.97 Å². The number of carbonyl (C=O) groups excluding carboxylic acids is 2. The smallest absolute Gasteiger partial charge is 0.337 e. The molecule has 6 nitrogen and oxygen atoms in total. The summed E-state index contributed by atoms with van der Waals surface area (Å²) in [4.78, 5) is 31.2. The summed E-state index contributed by atoms with van der Waals surface area (Å²) < 4.78 is 11.2. The van der Waals surface area contributed by atoms with Gasteiger partial charge in [-0.05, 0) is 80.3 Å². The molecule has 1 N–H and O–H groups in total. The van der Waals surface area contributed by atoms with E-state index in [4.69, 9.17) is 9.47 Å². The molecule has 3 aliphatic rings. The molecule has 1 fully saturated rings. The molecule has 2 aliphatic carbocycles. The Hall–Kier alpha value is -3.41. The summed E-state index contributed by atoms with van der Waals surface area (Å²) in [5.74, 6) is 0.161. The molecule has 0 spiro atoms. The Kier molecular flexibility index (Phi) is 6.22. The van der Waals surface area contributed by atoms with E-state index in [0.717, 1.165) is 54.0 Å². The molecule has 0 unspecified atom stereocenters. The van der Waals surface area contributed by atoms with E-state index in [-0.39, 0.29) is 23.8 Å². The second-order valence-electron chi connectivity index (χ2n) is 9.38. The van der Waals surface area contributed by atoms with Crippen LogP contribution in [0.25, 0.3) is 0 Å². The van der Waals surface area contributed by atoms with Gasteiger partial charge in [0, 0.05) is 41.7 Å². The number of pyridine rings is 1. The van der Waals surface area contributed by atoms with Gasteiger partial charge in [0.1, 0.15) is 11.9 Å². The minimum absolute atomic E-state index is 0.0391. The van der Waals surface area contributed by atoms with Crippen molar-refractivity contribution in [2.45, 2.75) is 63.4 Å². The molecule has 2 atom stereocenters. The van der Waals surface area contributed by atoms with Gasteiger partial charge in [0.15, 0.2) is 5.78 Å². The van der Waals surface area contributed by atoms with E-state index in [9.17, 15) is 9.59 Å². The van der Waals surface area contributed by atoms with Crippen LogP contribution in [0.2, 0.25) is 0 Å². The number of benzene rings is 1. The fourth-order valence-electron chi connectivity index (χ4n) is 5.53. The predicted molar refractivity (Wildman–Crippen MR) is 128 cm³/mol. The van der Waals surface area contributed by atoms with Gasteiger partial charge in [0.2, 0.25) is 0 Å². The summed E-state index contributed by atoms with van der Waals surface area (Å²) in [5, 5.41) is 3.42. The van der Waals surface area contributed by atoms with Crippen molar-refractivity contribution in [3.63, 3.8) is 0 Å². The zero-order valence-electron chi connectivity index (χ0n) is 19.7. The highest BCUT2D eigenvalue weighted by atomic mass is 16.5. The molecule has 6 heteroatoms. The van der Waals surface area contributed by atoms with Crippen LogP contribution in [0.3, 0.4) is 0 Å². The van der Waals surface area contributed by atoms with Crippen LogP contribution in [-0.2, 0) is 14.3 Å². The lowest BCUT2D eigenvalue weighted by Gasteiger charge is -2.37. The van der Waals surface area contributed by atoms with Crippen LogP contribution >= 0.6 is 0 Å². The monoisotopic (exact) mass is 458 g/mol. The number of Topliss-reactive ketones (excluding diaryl/α,β-unsaturated/α-hetero) is 1. The van der Waals surface area contributed by atoms with Crippen LogP contribution in [0, 0.1) is 0 Å². The highest BCUT2D eigenvalue weighted by molar-refractivity contribution is 6.04.